The summed E-state index contributed by atoms with van der Waals surface area (Å²) in [5.74, 6) is 1.40. The molecule has 0 radical (unpaired) electrons. The minimum Gasteiger partial charge on any atom is -0.310 e. The number of rotatable bonds is 4. The summed E-state index contributed by atoms with van der Waals surface area (Å²) in [7, 11) is 0. The Bertz CT molecular complexity index is 877. The van der Waals surface area contributed by atoms with E-state index < -0.39 is 0 Å². The lowest BCUT2D eigenvalue weighted by atomic mass is 9.87. The number of fused-ring (bicyclic) bond motifs is 1. The summed E-state index contributed by atoms with van der Waals surface area (Å²) >= 11 is 0. The SMILES string of the molecule is Cc1cc(NC(=O)CC2CCCCC2)n(-c2nc3c(c(=O)[nH]2)CCC3)n1. The first-order valence-corrected chi connectivity index (χ1v) is 9.59. The first-order chi connectivity index (χ1) is 12.6. The van der Waals surface area contributed by atoms with Crippen molar-refractivity contribution in [3.8, 4) is 5.95 Å². The van der Waals surface area contributed by atoms with Crippen LogP contribution in [0.5, 0.6) is 0 Å². The minimum atomic E-state index is -0.102. The Morgan fingerprint density at radius 2 is 2.08 bits per heavy atom. The number of aromatic amines is 1. The topological polar surface area (TPSA) is 92.7 Å². The van der Waals surface area contributed by atoms with Gasteiger partial charge >= 0.3 is 0 Å². The van der Waals surface area contributed by atoms with Gasteiger partial charge in [0.25, 0.3) is 5.56 Å². The summed E-state index contributed by atoms with van der Waals surface area (Å²) < 4.78 is 1.54. The third-order valence-electron chi connectivity index (χ3n) is 5.43. The largest absolute Gasteiger partial charge is 0.310 e. The van der Waals surface area contributed by atoms with E-state index in [0.717, 1.165) is 49.1 Å². The lowest BCUT2D eigenvalue weighted by Gasteiger charge is -2.20. The molecule has 1 fully saturated rings. The average Bonchev–Trinajstić information content (AvgIpc) is 3.22. The Kier molecular flexibility index (Phi) is 4.61. The van der Waals surface area contributed by atoms with Crippen molar-refractivity contribution in [1.29, 1.82) is 0 Å². The Morgan fingerprint density at radius 3 is 2.88 bits per heavy atom. The van der Waals surface area contributed by atoms with Gasteiger partial charge in [-0.25, -0.2) is 4.98 Å². The molecule has 4 rings (SSSR count). The number of anilines is 1. The molecule has 7 nitrogen and oxygen atoms in total. The number of H-pyrrole nitrogens is 1. The van der Waals surface area contributed by atoms with Crippen LogP contribution in [0.3, 0.4) is 0 Å². The van der Waals surface area contributed by atoms with Crippen molar-refractivity contribution in [3.05, 3.63) is 33.4 Å². The van der Waals surface area contributed by atoms with E-state index in [9.17, 15) is 9.59 Å². The van der Waals surface area contributed by atoms with Crippen LogP contribution < -0.4 is 10.9 Å². The van der Waals surface area contributed by atoms with Crippen molar-refractivity contribution in [2.75, 3.05) is 5.32 Å². The molecule has 1 amide bonds. The van der Waals surface area contributed by atoms with Crippen molar-refractivity contribution in [1.82, 2.24) is 19.7 Å². The Hall–Kier alpha value is -2.44. The van der Waals surface area contributed by atoms with E-state index in [0.29, 0.717) is 24.1 Å². The zero-order chi connectivity index (χ0) is 18.1. The van der Waals surface area contributed by atoms with Crippen molar-refractivity contribution in [2.24, 2.45) is 5.92 Å². The van der Waals surface area contributed by atoms with Gasteiger partial charge in [-0.1, -0.05) is 19.3 Å². The van der Waals surface area contributed by atoms with Gasteiger partial charge in [0.1, 0.15) is 5.82 Å². The predicted octanol–water partition coefficient (Wildman–Crippen LogP) is 2.66. The van der Waals surface area contributed by atoms with Crippen molar-refractivity contribution in [3.63, 3.8) is 0 Å². The fourth-order valence-corrected chi connectivity index (χ4v) is 4.13. The molecule has 0 spiro atoms. The molecule has 0 aromatic carbocycles. The number of aryl methyl sites for hydroxylation is 2. The first kappa shape index (κ1) is 17.0. The molecule has 0 atom stereocenters. The van der Waals surface area contributed by atoms with Crippen LogP contribution in [0.4, 0.5) is 5.82 Å². The summed E-state index contributed by atoms with van der Waals surface area (Å²) in [6.07, 6.45) is 9.07. The standard InChI is InChI=1S/C19H25N5O2/c1-12-10-16(21-17(25)11-13-6-3-2-4-7-13)24(23-12)19-20-15-9-5-8-14(15)18(26)22-19/h10,13H,2-9,11H2,1H3,(H,21,25)(H,20,22,26). The van der Waals surface area contributed by atoms with E-state index in [1.54, 1.807) is 0 Å². The van der Waals surface area contributed by atoms with Gasteiger partial charge in [-0.3, -0.25) is 14.6 Å². The van der Waals surface area contributed by atoms with Crippen LogP contribution in [0.2, 0.25) is 0 Å². The highest BCUT2D eigenvalue weighted by atomic mass is 16.1. The lowest BCUT2D eigenvalue weighted by Crippen LogP contribution is -2.22. The number of nitrogens with one attached hydrogen (secondary N) is 2. The Morgan fingerprint density at radius 1 is 1.27 bits per heavy atom. The highest BCUT2D eigenvalue weighted by molar-refractivity contribution is 5.90. The van der Waals surface area contributed by atoms with Gasteiger partial charge in [0.15, 0.2) is 0 Å². The zero-order valence-corrected chi connectivity index (χ0v) is 15.2. The molecule has 2 aromatic rings. The molecule has 2 aliphatic carbocycles. The van der Waals surface area contributed by atoms with Gasteiger partial charge in [0.05, 0.1) is 11.4 Å². The van der Waals surface area contributed by atoms with Crippen LogP contribution in [0.1, 0.15) is 61.9 Å². The minimum absolute atomic E-state index is 0.00144. The van der Waals surface area contributed by atoms with Gasteiger partial charge < -0.3 is 5.32 Å². The summed E-state index contributed by atoms with van der Waals surface area (Å²) in [4.78, 5) is 32.2. The van der Waals surface area contributed by atoms with Crippen LogP contribution in [0, 0.1) is 12.8 Å². The maximum atomic E-state index is 12.5. The molecule has 0 bridgehead atoms. The normalized spacial score (nSPS) is 17.3. The molecule has 7 heteroatoms. The maximum absolute atomic E-state index is 12.5. The van der Waals surface area contributed by atoms with Crippen molar-refractivity contribution < 1.29 is 4.79 Å². The molecule has 2 heterocycles. The van der Waals surface area contributed by atoms with Crippen molar-refractivity contribution >= 4 is 11.7 Å². The molecule has 2 N–H and O–H groups in total. The first-order valence-electron chi connectivity index (χ1n) is 9.59. The second-order valence-electron chi connectivity index (χ2n) is 7.51. The van der Waals surface area contributed by atoms with E-state index in [1.165, 1.54) is 23.9 Å². The summed E-state index contributed by atoms with van der Waals surface area (Å²) in [5, 5.41) is 7.38. The Balaban J connectivity index is 1.56. The second-order valence-corrected chi connectivity index (χ2v) is 7.51. The summed E-state index contributed by atoms with van der Waals surface area (Å²) in [5.41, 5.74) is 2.29. The number of nitrogens with zero attached hydrogens (tertiary/aromatic N) is 3. The fraction of sp³-hybridized carbons (Fsp3) is 0.579. The summed E-state index contributed by atoms with van der Waals surface area (Å²) in [6, 6.07) is 1.81. The molecule has 26 heavy (non-hydrogen) atoms. The van der Waals surface area contributed by atoms with E-state index in [4.69, 9.17) is 0 Å². The molecule has 138 valence electrons. The van der Waals surface area contributed by atoms with Crippen LogP contribution in [-0.4, -0.2) is 25.7 Å². The van der Waals surface area contributed by atoms with E-state index in [1.807, 2.05) is 13.0 Å². The van der Waals surface area contributed by atoms with Gasteiger partial charge in [-0.15, -0.1) is 0 Å². The van der Waals surface area contributed by atoms with Crippen molar-refractivity contribution in [2.45, 2.75) is 64.7 Å². The van der Waals surface area contributed by atoms with Gasteiger partial charge in [-0.05, 0) is 44.9 Å². The highest BCUT2D eigenvalue weighted by Gasteiger charge is 2.21. The van der Waals surface area contributed by atoms with E-state index in [2.05, 4.69) is 20.4 Å². The molecule has 0 aliphatic heterocycles. The van der Waals surface area contributed by atoms with Crippen LogP contribution >= 0.6 is 0 Å². The number of amides is 1. The van der Waals surface area contributed by atoms with Crippen LogP contribution in [0.15, 0.2) is 10.9 Å². The highest BCUT2D eigenvalue weighted by Crippen LogP contribution is 2.27. The molecular formula is C19H25N5O2. The molecule has 0 unspecified atom stereocenters. The molecular weight excluding hydrogens is 330 g/mol. The van der Waals surface area contributed by atoms with Gasteiger partial charge in [0.2, 0.25) is 11.9 Å². The maximum Gasteiger partial charge on any atom is 0.255 e. The van der Waals surface area contributed by atoms with Gasteiger partial charge in [-0.2, -0.15) is 9.78 Å². The molecule has 1 saturated carbocycles. The van der Waals surface area contributed by atoms with Crippen LogP contribution in [-0.2, 0) is 17.6 Å². The average molecular weight is 355 g/mol. The predicted molar refractivity (Wildman–Crippen MR) is 98.6 cm³/mol. The van der Waals surface area contributed by atoms with Crippen LogP contribution in [0.25, 0.3) is 5.95 Å². The lowest BCUT2D eigenvalue weighted by molar-refractivity contribution is -0.117. The van der Waals surface area contributed by atoms with E-state index in [-0.39, 0.29) is 11.5 Å². The third kappa shape index (κ3) is 3.43. The Labute approximate surface area is 152 Å². The van der Waals surface area contributed by atoms with Gasteiger partial charge in [0, 0.05) is 18.1 Å². The number of hydrogen-bond donors (Lipinski definition) is 2. The number of carbonyl (C=O) groups excluding carboxylic acids is 1. The van der Waals surface area contributed by atoms with E-state index >= 15 is 0 Å². The monoisotopic (exact) mass is 355 g/mol. The summed E-state index contributed by atoms with van der Waals surface area (Å²) in [6.45, 7) is 1.86. The third-order valence-corrected chi connectivity index (χ3v) is 5.43. The zero-order valence-electron chi connectivity index (χ0n) is 15.2. The number of aromatic nitrogens is 4. The molecule has 2 aliphatic rings. The second kappa shape index (κ2) is 7.05. The number of carbonyl (C=O) groups is 1. The smallest absolute Gasteiger partial charge is 0.255 e. The molecule has 2 aromatic heterocycles. The number of hydrogen-bond acceptors (Lipinski definition) is 4. The quantitative estimate of drug-likeness (QED) is 0.882. The fourth-order valence-electron chi connectivity index (χ4n) is 4.13. The molecule has 0 saturated heterocycles.